The Balaban J connectivity index is 1.69. The van der Waals surface area contributed by atoms with Gasteiger partial charge in [0.25, 0.3) is 0 Å². The van der Waals surface area contributed by atoms with Crippen molar-refractivity contribution in [2.45, 2.75) is 71.4 Å². The summed E-state index contributed by atoms with van der Waals surface area (Å²) in [5, 5.41) is 6.34. The van der Waals surface area contributed by atoms with Gasteiger partial charge in [0, 0.05) is 32.1 Å². The summed E-state index contributed by atoms with van der Waals surface area (Å²) >= 11 is 0. The molecule has 2 aliphatic heterocycles. The van der Waals surface area contributed by atoms with Gasteiger partial charge in [0.2, 0.25) is 5.91 Å². The predicted octanol–water partition coefficient (Wildman–Crippen LogP) is 1.53. The molecular weight excluding hydrogens is 396 g/mol. The molecule has 2 heterocycles. The van der Waals surface area contributed by atoms with Crippen molar-refractivity contribution in [2.75, 3.05) is 45.8 Å². The third-order valence-electron chi connectivity index (χ3n) is 5.68. The number of ether oxygens (including phenoxy) is 1. The fraction of sp³-hybridized carbons (Fsp3) is 0.864. The molecule has 9 nitrogen and oxygen atoms in total. The molecule has 2 saturated heterocycles. The summed E-state index contributed by atoms with van der Waals surface area (Å²) in [6, 6.07) is 0.0713. The Morgan fingerprint density at radius 1 is 1.13 bits per heavy atom. The Bertz CT molecular complexity index is 611. The van der Waals surface area contributed by atoms with Crippen molar-refractivity contribution in [3.05, 3.63) is 0 Å². The average Bonchev–Trinajstić information content (AvgIpc) is 3.13. The summed E-state index contributed by atoms with van der Waals surface area (Å²) in [4.78, 5) is 32.7. The molecule has 0 bridgehead atoms. The maximum Gasteiger partial charge on any atom is 0.407 e. The highest BCUT2D eigenvalue weighted by atomic mass is 16.6. The zero-order chi connectivity index (χ0) is 22.9. The van der Waals surface area contributed by atoms with Gasteiger partial charge in [-0.1, -0.05) is 0 Å². The molecule has 2 fully saturated rings. The molecule has 0 spiro atoms. The summed E-state index contributed by atoms with van der Waals surface area (Å²) < 4.78 is 5.36. The monoisotopic (exact) mass is 438 g/mol. The molecule has 0 aliphatic carbocycles. The number of hydrogen-bond acceptors (Lipinski definition) is 5. The van der Waals surface area contributed by atoms with Crippen molar-refractivity contribution >= 4 is 18.0 Å². The lowest BCUT2D eigenvalue weighted by Crippen LogP contribution is -2.44. The first-order valence-corrected chi connectivity index (χ1v) is 11.7. The van der Waals surface area contributed by atoms with Crippen LogP contribution in [0.3, 0.4) is 0 Å². The van der Waals surface area contributed by atoms with E-state index in [0.29, 0.717) is 0 Å². The van der Waals surface area contributed by atoms with E-state index in [2.05, 4.69) is 27.4 Å². The minimum absolute atomic E-state index is 0.0534. The first kappa shape index (κ1) is 25.2. The van der Waals surface area contributed by atoms with Crippen molar-refractivity contribution in [3.8, 4) is 0 Å². The number of amides is 2. The number of aliphatic imine (C=N–C) groups is 1. The maximum atomic E-state index is 12.0. The third kappa shape index (κ3) is 9.33. The second-order valence-electron chi connectivity index (χ2n) is 9.54. The fourth-order valence-corrected chi connectivity index (χ4v) is 4.04. The lowest BCUT2D eigenvalue weighted by atomic mass is 9.96. The molecule has 1 atom stereocenters. The van der Waals surface area contributed by atoms with E-state index in [1.54, 1.807) is 0 Å². The molecule has 2 amide bonds. The molecule has 0 aromatic heterocycles. The van der Waals surface area contributed by atoms with Crippen LogP contribution in [0.4, 0.5) is 4.79 Å². The number of rotatable bonds is 8. The topological polar surface area (TPSA) is 112 Å². The number of nitrogens with two attached hydrogens (primary N) is 1. The summed E-state index contributed by atoms with van der Waals surface area (Å²) in [6.45, 7) is 13.8. The molecule has 2 aliphatic rings. The number of nitrogens with one attached hydrogen (secondary N) is 2. The molecule has 0 aromatic rings. The molecule has 1 unspecified atom stereocenters. The Labute approximate surface area is 187 Å². The zero-order valence-corrected chi connectivity index (χ0v) is 19.8. The van der Waals surface area contributed by atoms with Crippen molar-refractivity contribution in [2.24, 2.45) is 16.6 Å². The SMILES string of the molecule is CCNC(=NCCCCN1CCC(C(N)=O)CC1)N1CCC(NC(=O)OC(C)(C)C)C1. The Kier molecular flexibility index (Phi) is 9.87. The maximum absolute atomic E-state index is 12.0. The van der Waals surface area contributed by atoms with E-state index in [1.165, 1.54) is 0 Å². The smallest absolute Gasteiger partial charge is 0.407 e. The highest BCUT2D eigenvalue weighted by Gasteiger charge is 2.28. The second kappa shape index (κ2) is 12.1. The van der Waals surface area contributed by atoms with Gasteiger partial charge in [-0.2, -0.15) is 0 Å². The largest absolute Gasteiger partial charge is 0.444 e. The van der Waals surface area contributed by atoms with Crippen molar-refractivity contribution in [3.63, 3.8) is 0 Å². The molecule has 0 radical (unpaired) electrons. The van der Waals surface area contributed by atoms with Gasteiger partial charge in [0.1, 0.15) is 5.60 Å². The van der Waals surface area contributed by atoms with Gasteiger partial charge >= 0.3 is 6.09 Å². The van der Waals surface area contributed by atoms with E-state index in [-0.39, 0.29) is 24.0 Å². The van der Waals surface area contributed by atoms with E-state index in [1.807, 2.05) is 20.8 Å². The number of carbonyl (C=O) groups is 2. The molecule has 0 saturated carbocycles. The van der Waals surface area contributed by atoms with Gasteiger partial charge in [-0.25, -0.2) is 4.79 Å². The zero-order valence-electron chi connectivity index (χ0n) is 19.8. The van der Waals surface area contributed by atoms with Crippen LogP contribution in [-0.4, -0.2) is 85.2 Å². The molecule has 9 heteroatoms. The van der Waals surface area contributed by atoms with Crippen LogP contribution in [0.5, 0.6) is 0 Å². The predicted molar refractivity (Wildman–Crippen MR) is 123 cm³/mol. The van der Waals surface area contributed by atoms with E-state index >= 15 is 0 Å². The highest BCUT2D eigenvalue weighted by molar-refractivity contribution is 5.80. The lowest BCUT2D eigenvalue weighted by Gasteiger charge is -2.30. The van der Waals surface area contributed by atoms with E-state index < -0.39 is 5.60 Å². The molecule has 31 heavy (non-hydrogen) atoms. The van der Waals surface area contributed by atoms with Crippen LogP contribution in [0.25, 0.3) is 0 Å². The quantitative estimate of drug-likeness (QED) is 0.301. The molecule has 4 N–H and O–H groups in total. The summed E-state index contributed by atoms with van der Waals surface area (Å²) in [6.07, 6.45) is 4.40. The number of unbranched alkanes of at least 4 members (excludes halogenated alkanes) is 1. The van der Waals surface area contributed by atoms with Gasteiger partial charge < -0.3 is 30.9 Å². The number of likely N-dealkylation sites (tertiary alicyclic amines) is 2. The van der Waals surface area contributed by atoms with Gasteiger partial charge in [0.15, 0.2) is 5.96 Å². The number of nitrogens with zero attached hydrogens (tertiary/aromatic N) is 3. The van der Waals surface area contributed by atoms with Crippen LogP contribution < -0.4 is 16.4 Å². The van der Waals surface area contributed by atoms with Gasteiger partial charge in [-0.15, -0.1) is 0 Å². The van der Waals surface area contributed by atoms with Crippen LogP contribution in [0, 0.1) is 5.92 Å². The highest BCUT2D eigenvalue weighted by Crippen LogP contribution is 2.17. The Morgan fingerprint density at radius 3 is 2.45 bits per heavy atom. The number of alkyl carbamates (subject to hydrolysis) is 1. The second-order valence-corrected chi connectivity index (χ2v) is 9.54. The van der Waals surface area contributed by atoms with E-state index in [9.17, 15) is 9.59 Å². The van der Waals surface area contributed by atoms with Crippen molar-refractivity contribution < 1.29 is 14.3 Å². The molecular formula is C22H42N6O3. The Morgan fingerprint density at radius 2 is 1.84 bits per heavy atom. The first-order chi connectivity index (χ1) is 14.7. The number of primary amides is 1. The Hall–Kier alpha value is -2.03. The molecule has 0 aromatic carbocycles. The minimum atomic E-state index is -0.490. The summed E-state index contributed by atoms with van der Waals surface area (Å²) in [5.41, 5.74) is 4.91. The minimum Gasteiger partial charge on any atom is -0.444 e. The van der Waals surface area contributed by atoms with Crippen LogP contribution in [0.15, 0.2) is 4.99 Å². The first-order valence-electron chi connectivity index (χ1n) is 11.7. The normalized spacial score (nSPS) is 21.2. The van der Waals surface area contributed by atoms with Crippen LogP contribution in [-0.2, 0) is 9.53 Å². The average molecular weight is 439 g/mol. The van der Waals surface area contributed by atoms with Crippen LogP contribution in [0.1, 0.15) is 59.8 Å². The fourth-order valence-electron chi connectivity index (χ4n) is 4.04. The summed E-state index contributed by atoms with van der Waals surface area (Å²) in [5.74, 6) is 0.811. The molecule has 2 rings (SSSR count). The van der Waals surface area contributed by atoms with Crippen LogP contribution in [0.2, 0.25) is 0 Å². The third-order valence-corrected chi connectivity index (χ3v) is 5.68. The van der Waals surface area contributed by atoms with Crippen LogP contribution >= 0.6 is 0 Å². The number of hydrogen-bond donors (Lipinski definition) is 3. The van der Waals surface area contributed by atoms with Crippen molar-refractivity contribution in [1.82, 2.24) is 20.4 Å². The van der Waals surface area contributed by atoms with Crippen molar-refractivity contribution in [1.29, 1.82) is 0 Å². The number of guanidine groups is 1. The number of carbonyl (C=O) groups excluding carboxylic acids is 2. The number of piperidine rings is 1. The van der Waals surface area contributed by atoms with Gasteiger partial charge in [-0.3, -0.25) is 9.79 Å². The standard InChI is InChI=1S/C22H42N6O3/c1-5-24-20(28-15-10-18(16-28)26-21(30)31-22(2,3)4)25-11-6-7-12-27-13-8-17(9-14-27)19(23)29/h17-18H,5-16H2,1-4H3,(H2,23,29)(H,24,25)(H,26,30). The molecule has 178 valence electrons. The lowest BCUT2D eigenvalue weighted by molar-refractivity contribution is -0.123. The summed E-state index contributed by atoms with van der Waals surface area (Å²) in [7, 11) is 0. The van der Waals surface area contributed by atoms with E-state index in [4.69, 9.17) is 15.5 Å². The van der Waals surface area contributed by atoms with E-state index in [0.717, 1.165) is 83.9 Å². The van der Waals surface area contributed by atoms with Gasteiger partial charge in [-0.05, 0) is 79.4 Å². The van der Waals surface area contributed by atoms with Gasteiger partial charge in [0.05, 0.1) is 6.04 Å².